The van der Waals surface area contributed by atoms with Crippen molar-refractivity contribution in [1.82, 2.24) is 4.90 Å². The van der Waals surface area contributed by atoms with Gasteiger partial charge in [-0.15, -0.1) is 0 Å². The summed E-state index contributed by atoms with van der Waals surface area (Å²) in [7, 11) is -1.99. The van der Waals surface area contributed by atoms with E-state index in [0.29, 0.717) is 19.6 Å². The number of rotatable bonds is 7. The Hall–Kier alpha value is -1.25. The molecule has 0 radical (unpaired) electrons. The standard InChI is InChI=1S/C24H39NO5Si/c1-17(26)28-16-19-13-25-14-22(30-31(5,6)24(2,3)4)23(20(25)12-21(19)27)29-15-18-10-8-7-9-11-18/h7-11,19-23,27H,12-16H2,1-6H3/t19-,20+,21+,22-,23+/m1/s1. The fraction of sp³-hybridized carbons (Fsp3) is 0.708. The van der Waals surface area contributed by atoms with Gasteiger partial charge in [-0.2, -0.15) is 0 Å². The summed E-state index contributed by atoms with van der Waals surface area (Å²) < 4.78 is 18.5. The minimum atomic E-state index is -1.99. The van der Waals surface area contributed by atoms with E-state index in [4.69, 9.17) is 13.9 Å². The minimum absolute atomic E-state index is 0.0331. The highest BCUT2D eigenvalue weighted by atomic mass is 28.4. The number of carbonyl (C=O) groups is 1. The van der Waals surface area contributed by atoms with Crippen molar-refractivity contribution in [2.75, 3.05) is 19.7 Å². The predicted octanol–water partition coefficient (Wildman–Crippen LogP) is 3.59. The molecule has 2 saturated heterocycles. The summed E-state index contributed by atoms with van der Waals surface area (Å²) in [5.41, 5.74) is 1.14. The summed E-state index contributed by atoms with van der Waals surface area (Å²) >= 11 is 0. The number of ether oxygens (including phenoxy) is 2. The van der Waals surface area contributed by atoms with E-state index in [9.17, 15) is 9.90 Å². The number of fused-ring (bicyclic) bond motifs is 1. The van der Waals surface area contributed by atoms with E-state index in [-0.39, 0.29) is 41.8 Å². The second-order valence-electron chi connectivity index (χ2n) is 10.6. The summed E-state index contributed by atoms with van der Waals surface area (Å²) in [5, 5.41) is 10.9. The number of hydrogen-bond donors (Lipinski definition) is 1. The molecule has 31 heavy (non-hydrogen) atoms. The highest BCUT2D eigenvalue weighted by molar-refractivity contribution is 6.74. The first-order chi connectivity index (χ1) is 14.5. The van der Waals surface area contributed by atoms with Crippen molar-refractivity contribution < 1.29 is 23.8 Å². The minimum Gasteiger partial charge on any atom is -0.465 e. The van der Waals surface area contributed by atoms with Gasteiger partial charge in [-0.05, 0) is 30.1 Å². The molecule has 5 atom stereocenters. The van der Waals surface area contributed by atoms with Crippen LogP contribution in [0.3, 0.4) is 0 Å². The molecule has 2 aliphatic rings. The lowest BCUT2D eigenvalue weighted by Gasteiger charge is -2.40. The van der Waals surface area contributed by atoms with Gasteiger partial charge in [0.2, 0.25) is 0 Å². The monoisotopic (exact) mass is 449 g/mol. The normalized spacial score (nSPS) is 29.6. The molecule has 0 aromatic heterocycles. The third kappa shape index (κ3) is 5.96. The summed E-state index contributed by atoms with van der Waals surface area (Å²) in [4.78, 5) is 13.6. The predicted molar refractivity (Wildman–Crippen MR) is 123 cm³/mol. The Morgan fingerprint density at radius 3 is 2.48 bits per heavy atom. The van der Waals surface area contributed by atoms with Crippen LogP contribution in [-0.2, 0) is 25.3 Å². The zero-order valence-corrected chi connectivity index (χ0v) is 20.8. The molecule has 2 heterocycles. The quantitative estimate of drug-likeness (QED) is 0.507. The Kier molecular flexibility index (Phi) is 7.64. The van der Waals surface area contributed by atoms with Gasteiger partial charge < -0.3 is 19.0 Å². The highest BCUT2D eigenvalue weighted by Crippen LogP contribution is 2.41. The Morgan fingerprint density at radius 2 is 1.87 bits per heavy atom. The molecule has 0 unspecified atom stereocenters. The topological polar surface area (TPSA) is 68.2 Å². The van der Waals surface area contributed by atoms with Crippen LogP contribution in [0.15, 0.2) is 30.3 Å². The van der Waals surface area contributed by atoms with E-state index in [1.807, 2.05) is 18.2 Å². The van der Waals surface area contributed by atoms with Crippen molar-refractivity contribution in [1.29, 1.82) is 0 Å². The molecular weight excluding hydrogens is 410 g/mol. The van der Waals surface area contributed by atoms with E-state index >= 15 is 0 Å². The number of hydrogen-bond acceptors (Lipinski definition) is 6. The molecule has 0 saturated carbocycles. The molecule has 0 aliphatic carbocycles. The number of benzene rings is 1. The number of esters is 1. The van der Waals surface area contributed by atoms with Crippen molar-refractivity contribution in [3.63, 3.8) is 0 Å². The van der Waals surface area contributed by atoms with Crippen molar-refractivity contribution in [2.24, 2.45) is 5.92 Å². The Balaban J connectivity index is 1.75. The van der Waals surface area contributed by atoms with Gasteiger partial charge in [-0.3, -0.25) is 9.69 Å². The van der Waals surface area contributed by atoms with Crippen molar-refractivity contribution in [3.8, 4) is 0 Å². The molecule has 0 amide bonds. The molecule has 1 aromatic rings. The van der Waals surface area contributed by atoms with Gasteiger partial charge in [-0.25, -0.2) is 0 Å². The first kappa shape index (κ1) is 24.4. The SMILES string of the molecule is CC(=O)OC[C@H]1CN2C[C@@H](O[Si](C)(C)C(C)(C)C)[C@@H](OCc3ccccc3)[C@@H]2C[C@@H]1O. The molecular formula is C24H39NO5Si. The molecule has 174 valence electrons. The van der Waals surface area contributed by atoms with Crippen LogP contribution in [0, 0.1) is 5.92 Å². The second-order valence-corrected chi connectivity index (χ2v) is 15.3. The average molecular weight is 450 g/mol. The molecule has 1 N–H and O–H groups in total. The summed E-state index contributed by atoms with van der Waals surface area (Å²) in [5.74, 6) is -0.388. The first-order valence-electron chi connectivity index (χ1n) is 11.4. The Morgan fingerprint density at radius 1 is 1.19 bits per heavy atom. The maximum atomic E-state index is 11.2. The van der Waals surface area contributed by atoms with Crippen LogP contribution in [0.5, 0.6) is 0 Å². The van der Waals surface area contributed by atoms with Crippen LogP contribution in [0.2, 0.25) is 18.1 Å². The maximum Gasteiger partial charge on any atom is 0.302 e. The number of aliphatic hydroxyl groups excluding tert-OH is 1. The molecule has 2 aliphatic heterocycles. The highest BCUT2D eigenvalue weighted by Gasteiger charge is 2.51. The second kappa shape index (κ2) is 9.71. The Bertz CT molecular complexity index is 735. The van der Waals surface area contributed by atoms with Gasteiger partial charge in [0, 0.05) is 32.0 Å². The lowest BCUT2D eigenvalue weighted by molar-refractivity contribution is -0.145. The van der Waals surface area contributed by atoms with E-state index < -0.39 is 14.4 Å². The van der Waals surface area contributed by atoms with E-state index in [0.717, 1.165) is 12.1 Å². The summed E-state index contributed by atoms with van der Waals surface area (Å²) in [6.45, 7) is 14.9. The zero-order chi connectivity index (χ0) is 22.8. The van der Waals surface area contributed by atoms with Crippen LogP contribution in [0.1, 0.15) is 39.7 Å². The van der Waals surface area contributed by atoms with Gasteiger partial charge in [-0.1, -0.05) is 51.1 Å². The van der Waals surface area contributed by atoms with E-state index in [2.05, 4.69) is 50.9 Å². The molecule has 3 rings (SSSR count). The molecule has 6 nitrogen and oxygen atoms in total. The van der Waals surface area contributed by atoms with E-state index in [1.165, 1.54) is 6.92 Å². The van der Waals surface area contributed by atoms with Gasteiger partial charge in [0.15, 0.2) is 8.32 Å². The van der Waals surface area contributed by atoms with Gasteiger partial charge >= 0.3 is 5.97 Å². The molecule has 1 aromatic carbocycles. The summed E-state index contributed by atoms with van der Waals surface area (Å²) in [6, 6.07) is 10.3. The number of aliphatic hydroxyl groups is 1. The van der Waals surface area contributed by atoms with Crippen molar-refractivity contribution in [2.45, 2.75) is 83.2 Å². The van der Waals surface area contributed by atoms with Crippen LogP contribution in [0.25, 0.3) is 0 Å². The molecule has 0 bridgehead atoms. The van der Waals surface area contributed by atoms with Crippen LogP contribution in [0.4, 0.5) is 0 Å². The number of nitrogens with zero attached hydrogens (tertiary/aromatic N) is 1. The Labute approximate surface area is 188 Å². The fourth-order valence-electron chi connectivity index (χ4n) is 4.31. The molecule has 0 spiro atoms. The van der Waals surface area contributed by atoms with Crippen LogP contribution >= 0.6 is 0 Å². The third-order valence-corrected chi connectivity index (χ3v) is 11.7. The van der Waals surface area contributed by atoms with Gasteiger partial charge in [0.05, 0.1) is 31.5 Å². The molecule has 2 fully saturated rings. The fourth-order valence-corrected chi connectivity index (χ4v) is 5.63. The molecule has 7 heteroatoms. The number of carbonyl (C=O) groups excluding carboxylic acids is 1. The van der Waals surface area contributed by atoms with Crippen molar-refractivity contribution in [3.05, 3.63) is 35.9 Å². The van der Waals surface area contributed by atoms with E-state index in [1.54, 1.807) is 0 Å². The third-order valence-electron chi connectivity index (χ3n) is 7.16. The van der Waals surface area contributed by atoms with Gasteiger partial charge in [0.25, 0.3) is 0 Å². The summed E-state index contributed by atoms with van der Waals surface area (Å²) in [6.07, 6.45) is -0.0501. The smallest absolute Gasteiger partial charge is 0.302 e. The van der Waals surface area contributed by atoms with Gasteiger partial charge in [0.1, 0.15) is 0 Å². The van der Waals surface area contributed by atoms with Crippen LogP contribution < -0.4 is 0 Å². The first-order valence-corrected chi connectivity index (χ1v) is 14.3. The average Bonchev–Trinajstić information content (AvgIpc) is 2.99. The maximum absolute atomic E-state index is 11.2. The lowest BCUT2D eigenvalue weighted by atomic mass is 9.89. The van der Waals surface area contributed by atoms with Crippen LogP contribution in [-0.4, -0.2) is 68.3 Å². The zero-order valence-electron chi connectivity index (χ0n) is 19.8. The number of piperidine rings is 1. The largest absolute Gasteiger partial charge is 0.465 e. The lowest BCUT2D eigenvalue weighted by Crippen LogP contribution is -2.51. The van der Waals surface area contributed by atoms with Crippen molar-refractivity contribution >= 4 is 14.3 Å².